The van der Waals surface area contributed by atoms with Crippen LogP contribution in [0.3, 0.4) is 0 Å². The molecular formula is C14H24N4O2. The van der Waals surface area contributed by atoms with Gasteiger partial charge in [-0.3, -0.25) is 4.68 Å². The lowest BCUT2D eigenvalue weighted by atomic mass is 9.71. The molecular weight excluding hydrogens is 256 g/mol. The number of rotatable bonds is 4. The van der Waals surface area contributed by atoms with E-state index in [-0.39, 0.29) is 23.2 Å². The van der Waals surface area contributed by atoms with Crippen LogP contribution in [-0.4, -0.2) is 33.6 Å². The average Bonchev–Trinajstić information content (AvgIpc) is 2.75. The molecule has 6 heteroatoms. The molecule has 2 unspecified atom stereocenters. The second-order valence-electron chi connectivity index (χ2n) is 6.60. The Labute approximate surface area is 119 Å². The van der Waals surface area contributed by atoms with Gasteiger partial charge in [0.25, 0.3) is 0 Å². The Morgan fingerprint density at radius 3 is 2.95 bits per heavy atom. The standard InChI is InChI=1S/C14H24N4O2/c1-10-6-11(8-14(2,3)7-10)20-13(19)12-9-18(5-4-15)17-16-12/h9-11H,4-8,15H2,1-3H3. The van der Waals surface area contributed by atoms with Crippen LogP contribution in [0.25, 0.3) is 0 Å². The summed E-state index contributed by atoms with van der Waals surface area (Å²) in [6, 6.07) is 0. The highest BCUT2D eigenvalue weighted by Crippen LogP contribution is 2.39. The van der Waals surface area contributed by atoms with E-state index in [1.165, 1.54) is 6.42 Å². The minimum absolute atomic E-state index is 0.0269. The van der Waals surface area contributed by atoms with Crippen molar-refractivity contribution in [3.05, 3.63) is 11.9 Å². The van der Waals surface area contributed by atoms with Crippen LogP contribution in [-0.2, 0) is 11.3 Å². The Kier molecular flexibility index (Phi) is 4.42. The molecule has 1 heterocycles. The number of hydrogen-bond donors (Lipinski definition) is 1. The molecule has 112 valence electrons. The van der Waals surface area contributed by atoms with Crippen LogP contribution in [0.2, 0.25) is 0 Å². The number of nitrogens with two attached hydrogens (primary N) is 1. The minimum Gasteiger partial charge on any atom is -0.458 e. The van der Waals surface area contributed by atoms with Crippen LogP contribution in [0.15, 0.2) is 6.20 Å². The van der Waals surface area contributed by atoms with Crippen LogP contribution in [0, 0.1) is 11.3 Å². The largest absolute Gasteiger partial charge is 0.458 e. The number of carbonyl (C=O) groups is 1. The molecule has 2 rings (SSSR count). The topological polar surface area (TPSA) is 83.0 Å². The zero-order chi connectivity index (χ0) is 14.8. The van der Waals surface area contributed by atoms with Gasteiger partial charge < -0.3 is 10.5 Å². The molecule has 0 aliphatic heterocycles. The van der Waals surface area contributed by atoms with Gasteiger partial charge >= 0.3 is 5.97 Å². The third kappa shape index (κ3) is 3.79. The van der Waals surface area contributed by atoms with E-state index in [0.29, 0.717) is 19.0 Å². The minimum atomic E-state index is -0.386. The average molecular weight is 280 g/mol. The summed E-state index contributed by atoms with van der Waals surface area (Å²) in [4.78, 5) is 12.1. The highest BCUT2D eigenvalue weighted by molar-refractivity contribution is 5.86. The first-order valence-electron chi connectivity index (χ1n) is 7.21. The van der Waals surface area contributed by atoms with E-state index in [2.05, 4.69) is 31.1 Å². The van der Waals surface area contributed by atoms with Crippen molar-refractivity contribution in [2.45, 2.75) is 52.7 Å². The zero-order valence-electron chi connectivity index (χ0n) is 12.5. The van der Waals surface area contributed by atoms with Gasteiger partial charge in [0, 0.05) is 6.54 Å². The van der Waals surface area contributed by atoms with Crippen molar-refractivity contribution in [1.29, 1.82) is 0 Å². The molecule has 20 heavy (non-hydrogen) atoms. The molecule has 0 saturated heterocycles. The molecule has 1 aromatic heterocycles. The van der Waals surface area contributed by atoms with Crippen LogP contribution in [0.4, 0.5) is 0 Å². The number of carbonyl (C=O) groups excluding carboxylic acids is 1. The van der Waals surface area contributed by atoms with Crippen molar-refractivity contribution >= 4 is 5.97 Å². The molecule has 1 saturated carbocycles. The van der Waals surface area contributed by atoms with E-state index in [9.17, 15) is 4.79 Å². The monoisotopic (exact) mass is 280 g/mol. The van der Waals surface area contributed by atoms with E-state index < -0.39 is 0 Å². The van der Waals surface area contributed by atoms with Crippen LogP contribution in [0.1, 0.15) is 50.5 Å². The number of esters is 1. The smallest absolute Gasteiger partial charge is 0.360 e. The summed E-state index contributed by atoms with van der Waals surface area (Å²) >= 11 is 0. The lowest BCUT2D eigenvalue weighted by Gasteiger charge is -2.38. The van der Waals surface area contributed by atoms with Crippen LogP contribution in [0.5, 0.6) is 0 Å². The summed E-state index contributed by atoms with van der Waals surface area (Å²) in [5, 5.41) is 7.69. The van der Waals surface area contributed by atoms with Gasteiger partial charge in [-0.1, -0.05) is 26.0 Å². The lowest BCUT2D eigenvalue weighted by Crippen LogP contribution is -2.34. The summed E-state index contributed by atoms with van der Waals surface area (Å²) in [5.41, 5.74) is 5.92. The van der Waals surface area contributed by atoms with Gasteiger partial charge in [-0.25, -0.2) is 4.79 Å². The molecule has 0 spiro atoms. The van der Waals surface area contributed by atoms with Crippen molar-refractivity contribution < 1.29 is 9.53 Å². The third-order valence-electron chi connectivity index (χ3n) is 3.73. The predicted molar refractivity (Wildman–Crippen MR) is 75.1 cm³/mol. The van der Waals surface area contributed by atoms with Gasteiger partial charge in [-0.05, 0) is 30.6 Å². The predicted octanol–water partition coefficient (Wildman–Crippen LogP) is 1.61. The number of hydrogen-bond acceptors (Lipinski definition) is 5. The summed E-state index contributed by atoms with van der Waals surface area (Å²) < 4.78 is 7.15. The van der Waals surface area contributed by atoms with Gasteiger partial charge in [0.1, 0.15) is 6.10 Å². The Hall–Kier alpha value is -1.43. The number of aromatic nitrogens is 3. The number of nitrogens with zero attached hydrogens (tertiary/aromatic N) is 3. The van der Waals surface area contributed by atoms with Crippen molar-refractivity contribution in [2.75, 3.05) is 6.54 Å². The van der Waals surface area contributed by atoms with Gasteiger partial charge in [-0.2, -0.15) is 0 Å². The molecule has 1 aliphatic carbocycles. The van der Waals surface area contributed by atoms with Crippen molar-refractivity contribution in [3.63, 3.8) is 0 Å². The second kappa shape index (κ2) is 5.91. The Balaban J connectivity index is 1.96. The van der Waals surface area contributed by atoms with Gasteiger partial charge in [0.05, 0.1) is 12.7 Å². The van der Waals surface area contributed by atoms with Crippen molar-refractivity contribution in [2.24, 2.45) is 17.1 Å². The Bertz CT molecular complexity index is 469. The first-order chi connectivity index (χ1) is 9.39. The molecule has 0 radical (unpaired) electrons. The van der Waals surface area contributed by atoms with Gasteiger partial charge in [0.2, 0.25) is 0 Å². The zero-order valence-corrected chi connectivity index (χ0v) is 12.5. The van der Waals surface area contributed by atoms with E-state index in [1.54, 1.807) is 10.9 Å². The van der Waals surface area contributed by atoms with Gasteiger partial charge in [0.15, 0.2) is 5.69 Å². The van der Waals surface area contributed by atoms with Crippen LogP contribution < -0.4 is 5.73 Å². The van der Waals surface area contributed by atoms with Crippen molar-refractivity contribution in [1.82, 2.24) is 15.0 Å². The highest BCUT2D eigenvalue weighted by Gasteiger charge is 2.34. The van der Waals surface area contributed by atoms with E-state index >= 15 is 0 Å². The quantitative estimate of drug-likeness (QED) is 0.847. The fraction of sp³-hybridized carbons (Fsp3) is 0.786. The molecule has 1 aliphatic rings. The summed E-state index contributed by atoms with van der Waals surface area (Å²) in [6.07, 6.45) is 4.56. The van der Waals surface area contributed by atoms with E-state index in [1.807, 2.05) is 0 Å². The fourth-order valence-corrected chi connectivity index (χ4v) is 3.19. The van der Waals surface area contributed by atoms with E-state index in [0.717, 1.165) is 12.8 Å². The summed E-state index contributed by atoms with van der Waals surface area (Å²) in [7, 11) is 0. The molecule has 6 nitrogen and oxygen atoms in total. The molecule has 0 aromatic carbocycles. The van der Waals surface area contributed by atoms with Gasteiger partial charge in [-0.15, -0.1) is 5.10 Å². The third-order valence-corrected chi connectivity index (χ3v) is 3.73. The molecule has 2 atom stereocenters. The molecule has 0 bridgehead atoms. The van der Waals surface area contributed by atoms with Crippen LogP contribution >= 0.6 is 0 Å². The Morgan fingerprint density at radius 2 is 2.30 bits per heavy atom. The molecule has 1 aromatic rings. The first kappa shape index (κ1) is 15.0. The molecule has 1 fully saturated rings. The maximum atomic E-state index is 12.1. The normalized spacial score (nSPS) is 25.4. The SMILES string of the molecule is CC1CC(OC(=O)c2cn(CCN)nn2)CC(C)(C)C1. The maximum Gasteiger partial charge on any atom is 0.360 e. The lowest BCUT2D eigenvalue weighted by molar-refractivity contribution is -0.00767. The maximum absolute atomic E-state index is 12.1. The van der Waals surface area contributed by atoms with E-state index in [4.69, 9.17) is 10.5 Å². The second-order valence-corrected chi connectivity index (χ2v) is 6.60. The highest BCUT2D eigenvalue weighted by atomic mass is 16.5. The molecule has 0 amide bonds. The first-order valence-corrected chi connectivity index (χ1v) is 7.21. The summed E-state index contributed by atoms with van der Waals surface area (Å²) in [6.45, 7) is 7.67. The summed E-state index contributed by atoms with van der Waals surface area (Å²) in [5.74, 6) is 0.188. The Morgan fingerprint density at radius 1 is 1.55 bits per heavy atom. The fourth-order valence-electron chi connectivity index (χ4n) is 3.19. The molecule has 2 N–H and O–H groups in total. The van der Waals surface area contributed by atoms with Crippen molar-refractivity contribution in [3.8, 4) is 0 Å². The number of ether oxygens (including phenoxy) is 1.